The Hall–Kier alpha value is 9.03. The van der Waals surface area contributed by atoms with E-state index in [0.717, 1.165) is 0 Å². The summed E-state index contributed by atoms with van der Waals surface area (Å²) in [5.41, 5.74) is 0. The summed E-state index contributed by atoms with van der Waals surface area (Å²) in [6.07, 6.45) is 0. The minimum Gasteiger partial charge on any atom is -0.458 e. The van der Waals surface area contributed by atoms with Crippen LogP contribution in [-0.4, -0.2) is 302 Å². The maximum Gasteiger partial charge on any atom is 0.170 e. The Morgan fingerprint density at radius 2 is 0.100 bits per heavy atom. The lowest BCUT2D eigenvalue weighted by Gasteiger charge is -2.72. The Labute approximate surface area is 862 Å². The molecule has 0 saturated carbocycles. The maximum absolute atomic E-state index is 7.56. The Kier molecular flexibility index (Phi) is 40.1. The van der Waals surface area contributed by atoms with Crippen molar-refractivity contribution < 1.29 is 8.23 Å². The molecule has 0 aromatic carbocycles. The summed E-state index contributed by atoms with van der Waals surface area (Å²) < 4.78 is 15.1. The average molecular weight is 2500 g/mol. The first kappa shape index (κ1) is 139. The predicted octanol–water partition coefficient (Wildman–Crippen LogP) is 34.1. The van der Waals surface area contributed by atoms with Crippen molar-refractivity contribution in [2.45, 2.75) is 563 Å². The summed E-state index contributed by atoms with van der Waals surface area (Å²) in [7, 11) is -73.9. The minimum absolute atomic E-state index is 1.67. The van der Waals surface area contributed by atoms with E-state index in [2.05, 4.69) is 563 Å². The van der Waals surface area contributed by atoms with Gasteiger partial charge in [-0.1, -0.05) is 498 Å². The van der Waals surface area contributed by atoms with Gasteiger partial charge in [-0.3, -0.25) is 0 Å². The first-order chi connectivity index (χ1) is 54.2. The van der Waals surface area contributed by atoms with E-state index in [9.17, 15) is 0 Å². The normalized spacial score (nSPS) is 17.7. The third-order valence-corrected chi connectivity index (χ3v) is 1070. The van der Waals surface area contributed by atoms with Crippen molar-refractivity contribution in [3.8, 4) is 0 Å². The molecule has 0 aliphatic rings. The highest BCUT2D eigenvalue weighted by atomic mass is 30.2. The van der Waals surface area contributed by atoms with Gasteiger partial charge in [-0.15, -0.1) is 0 Å². The zero-order valence-electron chi connectivity index (χ0n) is 108. The zero-order chi connectivity index (χ0) is 108. The van der Waals surface area contributed by atoms with Crippen LogP contribution in [0.1, 0.15) is 0 Å². The molecule has 0 atom stereocenters. The summed E-state index contributed by atoms with van der Waals surface area (Å²) in [6, 6.07) is 0. The molecule has 0 aromatic rings. The average Bonchev–Trinajstić information content (AvgIpc) is 0.666. The molecule has 130 heavy (non-hydrogen) atoms. The second-order valence-corrected chi connectivity index (χ2v) is 558. The third-order valence-electron chi connectivity index (χ3n) is 61.9. The first-order valence-corrected chi connectivity index (χ1v) is 219. The van der Waals surface area contributed by atoms with E-state index in [1.54, 1.807) is 0 Å². The largest absolute Gasteiger partial charge is 0.458 e. The van der Waals surface area contributed by atoms with Gasteiger partial charge in [0.2, 0.25) is 0 Å². The summed E-state index contributed by atoms with van der Waals surface area (Å²) in [5.74, 6) is 0. The monoisotopic (exact) mass is 2500 g/mol. The topological polar surface area (TPSA) is 18.5 Å². The van der Waals surface area contributed by atoms with Crippen LogP contribution in [0.2, 0.25) is 563 Å². The summed E-state index contributed by atoms with van der Waals surface area (Å²) in [6.45, 7) is 267. The van der Waals surface area contributed by atoms with E-state index < -0.39 is 302 Å². The van der Waals surface area contributed by atoms with Crippen LogP contribution in [0, 0.1) is 0 Å². The van der Waals surface area contributed by atoms with Gasteiger partial charge in [-0.05, 0) is 65.5 Å². The van der Waals surface area contributed by atoms with E-state index in [1.165, 1.54) is 0 Å². The van der Waals surface area contributed by atoms with Crippen LogP contribution in [0.25, 0.3) is 0 Å². The summed E-state index contributed by atoms with van der Waals surface area (Å²) >= 11 is 0. The molecule has 0 aliphatic heterocycles. The van der Waals surface area contributed by atoms with Gasteiger partial charge in [-0.25, -0.2) is 0 Å². The Morgan fingerprint density at radius 1 is 0.0615 bits per heavy atom. The molecule has 0 fully saturated rings. The van der Waals surface area contributed by atoms with Crippen LogP contribution in [-0.2, 0) is 8.23 Å². The molecule has 44 heteroatoms. The third kappa shape index (κ3) is 18.3. The van der Waals surface area contributed by atoms with Gasteiger partial charge < -0.3 is 8.23 Å². The van der Waals surface area contributed by atoms with Crippen molar-refractivity contribution in [1.29, 1.82) is 0 Å². The van der Waals surface area contributed by atoms with Gasteiger partial charge in [0, 0.05) is 256 Å². The highest BCUT2D eigenvalue weighted by Gasteiger charge is 2.83. The second-order valence-electron chi connectivity index (χ2n) is 69.2. The molecule has 0 spiro atoms. The lowest BCUT2D eigenvalue weighted by molar-refractivity contribution is 0.570. The molecule has 0 amide bonds. The summed E-state index contributed by atoms with van der Waals surface area (Å²) in [4.78, 5) is 0. The van der Waals surface area contributed by atoms with Crippen molar-refractivity contribution >= 4 is 302 Å². The summed E-state index contributed by atoms with van der Waals surface area (Å²) in [5, 5.41) is 0. The first-order valence-electron chi connectivity index (χ1n) is 53.6. The molecule has 0 heterocycles. The lowest BCUT2D eigenvalue weighted by Crippen LogP contribution is -3.00. The van der Waals surface area contributed by atoms with Gasteiger partial charge in [-0.2, -0.15) is 0 Å². The van der Waals surface area contributed by atoms with E-state index in [4.69, 9.17) is 8.23 Å². The minimum atomic E-state index is -1.88. The second kappa shape index (κ2) is 37.5. The van der Waals surface area contributed by atoms with Crippen molar-refractivity contribution in [3.63, 3.8) is 0 Å². The van der Waals surface area contributed by atoms with Crippen molar-refractivity contribution in [3.05, 3.63) is 0 Å². The molecule has 0 aromatic heterocycles. The molecule has 0 radical (unpaired) electrons. The number of hydrogen-bond donors (Lipinski definition) is 0. The molecule has 0 rings (SSSR count). The molecule has 782 valence electrons. The lowest BCUT2D eigenvalue weighted by atomic mass is 11.8. The SMILES string of the molecule is C[Si](C)(C)O[Si](C)(C)[Si](C)(C)[Si](C)(C)[Si](C)(C)[Si](C)(C)[Si](C)(C)[Si](C)(C)[Si](C)(C)[Si](C)(C)[Si](C)(C)[Si](C)(C)[Si](C)(C)[Si](C)(C)[Si](C)(C)[Si](C)(C)[Si](C)(C)[Si](C)(C)[Si](C)(C)[Si](C)(C)[Si](C)(C)[Si](C)(C)[Si](C)(C)[Si](C)(C)[Si](C)(C)[Si](C)(C)[Si](C)(C)[Si](C)(C)[Si](C)(C)[Si](C)(C)[Si](C)(C)[Si](C)(C)[Si](C)(C)[Si](C)(C)[Si](C)(C)[Si](C)(C)[Si](C)(C)[Si](C)(C)[Si](C)(C)[Si](C)(C)[Si](C)(C)O[Si](C)(C)C. The van der Waals surface area contributed by atoms with Gasteiger partial charge in [0.25, 0.3) is 0 Å². The molecule has 0 aliphatic carbocycles. The van der Waals surface area contributed by atoms with Crippen LogP contribution in [0.3, 0.4) is 0 Å². The zero-order valence-corrected chi connectivity index (χ0v) is 150. The molecule has 2 nitrogen and oxygen atoms in total. The van der Waals surface area contributed by atoms with E-state index in [0.29, 0.717) is 0 Å². The number of hydrogen-bond acceptors (Lipinski definition) is 2. The molecule has 0 saturated heterocycles. The predicted molar refractivity (Wildman–Crippen MR) is 748 cm³/mol. The van der Waals surface area contributed by atoms with Crippen molar-refractivity contribution in [2.24, 2.45) is 0 Å². The van der Waals surface area contributed by atoms with Gasteiger partial charge in [0.15, 0.2) is 32.3 Å². The molecule has 0 bridgehead atoms. The van der Waals surface area contributed by atoms with Gasteiger partial charge in [0.1, 0.15) is 0 Å². The molecule has 0 N–H and O–H groups in total. The fourth-order valence-electron chi connectivity index (χ4n) is 31.4. The molecular weight excluding hydrogens is 2240 g/mol. The van der Waals surface area contributed by atoms with E-state index >= 15 is 0 Å². The standard InChI is InChI=1S/C86H258O2Si42/c1-89(2,3)87-91(7,8)93(11,12)95(15,16)97(19,20)99(23,24)101(27,28)103(31,32)105(35,36)107(39,40)109(43,44)111(47,48)113(51,52)115(55,56)117(59,60)119(63,64)121(67,68)123(71,72)125(75,76)127(79,80)129(83,84)130(85,86)128(81,82)126(77,78)124(73,74)122(69,70)120(65,66)118(61,62)116(57,58)114(53,54)112(49,50)110(45,46)108(41,42)106(37,38)104(33,34)102(29,30)100(25,26)98(21,22)96(17,18)94(13,14)92(9,10)88-90(4,5)6/h1-86H3. The molecular formula is C86H258O2Si42. The van der Waals surface area contributed by atoms with E-state index in [1.807, 2.05) is 0 Å². The quantitative estimate of drug-likeness (QED) is 0.0567. The highest BCUT2D eigenvalue weighted by Crippen LogP contribution is 2.59. The van der Waals surface area contributed by atoms with Crippen molar-refractivity contribution in [1.82, 2.24) is 0 Å². The maximum atomic E-state index is 7.56. The fourth-order valence-corrected chi connectivity index (χ4v) is 1570. The Bertz CT molecular complexity index is 3650. The van der Waals surface area contributed by atoms with Crippen LogP contribution < -0.4 is 0 Å². The van der Waals surface area contributed by atoms with Crippen LogP contribution >= 0.6 is 0 Å². The van der Waals surface area contributed by atoms with Gasteiger partial charge >= 0.3 is 0 Å². The van der Waals surface area contributed by atoms with E-state index in [-0.39, 0.29) is 0 Å². The van der Waals surface area contributed by atoms with Crippen LogP contribution in [0.5, 0.6) is 0 Å². The highest BCUT2D eigenvalue weighted by molar-refractivity contribution is 8.18. The molecule has 0 unspecified atom stereocenters. The van der Waals surface area contributed by atoms with Crippen LogP contribution in [0.15, 0.2) is 0 Å². The number of rotatable bonds is 43. The van der Waals surface area contributed by atoms with Gasteiger partial charge in [0.05, 0.1) is 14.2 Å². The Morgan fingerprint density at radius 3 is 0.138 bits per heavy atom. The fraction of sp³-hybridized carbons (Fsp3) is 1.00. The smallest absolute Gasteiger partial charge is 0.170 e. The van der Waals surface area contributed by atoms with Crippen LogP contribution in [0.4, 0.5) is 0 Å². The van der Waals surface area contributed by atoms with Crippen molar-refractivity contribution in [2.75, 3.05) is 0 Å². The Balaban J connectivity index is 8.64.